The second-order valence-electron chi connectivity index (χ2n) is 5.24. The van der Waals surface area contributed by atoms with Crippen molar-refractivity contribution in [2.75, 3.05) is 13.2 Å². The van der Waals surface area contributed by atoms with E-state index in [1.165, 1.54) is 10.4 Å². The zero-order valence-corrected chi connectivity index (χ0v) is 13.1. The van der Waals surface area contributed by atoms with E-state index in [0.29, 0.717) is 11.3 Å². The lowest BCUT2D eigenvalue weighted by Gasteiger charge is -2.33. The van der Waals surface area contributed by atoms with Gasteiger partial charge in [-0.25, -0.2) is 0 Å². The fourth-order valence-electron chi connectivity index (χ4n) is 2.70. The number of carbonyl (C=O) groups is 1. The third-order valence-corrected chi connectivity index (χ3v) is 4.94. The third kappa shape index (κ3) is 2.83. The minimum Gasteiger partial charge on any atom is -0.484 e. The van der Waals surface area contributed by atoms with E-state index in [2.05, 4.69) is 24.4 Å². The molecule has 0 aliphatic carbocycles. The number of fused-ring (bicyclic) bond motifs is 1. The maximum atomic E-state index is 12.4. The van der Waals surface area contributed by atoms with Gasteiger partial charge >= 0.3 is 0 Å². The summed E-state index contributed by atoms with van der Waals surface area (Å²) in [6, 6.07) is 11.0. The van der Waals surface area contributed by atoms with Gasteiger partial charge in [-0.3, -0.25) is 4.79 Å². The van der Waals surface area contributed by atoms with Crippen LogP contribution in [0.2, 0.25) is 0 Å². The Morgan fingerprint density at radius 2 is 2.18 bits per heavy atom. The molecule has 0 radical (unpaired) electrons. The number of carbonyl (C=O) groups excluding carboxylic acids is 1. The fraction of sp³-hybridized carbons (Fsp3) is 0.294. The van der Waals surface area contributed by atoms with Crippen LogP contribution in [0.4, 0.5) is 0 Å². The summed E-state index contributed by atoms with van der Waals surface area (Å²) in [4.78, 5) is 15.6. The van der Waals surface area contributed by atoms with Crippen LogP contribution in [0.5, 0.6) is 5.75 Å². The molecular formula is C17H16N2O2S. The molecule has 0 spiro atoms. The first-order valence-electron chi connectivity index (χ1n) is 7.17. The second kappa shape index (κ2) is 6.20. The first-order valence-corrected chi connectivity index (χ1v) is 8.05. The predicted molar refractivity (Wildman–Crippen MR) is 84.8 cm³/mol. The lowest BCUT2D eigenvalue weighted by molar-refractivity contribution is -0.135. The summed E-state index contributed by atoms with van der Waals surface area (Å²) in [5.41, 5.74) is 1.83. The van der Waals surface area contributed by atoms with Crippen LogP contribution >= 0.6 is 11.3 Å². The summed E-state index contributed by atoms with van der Waals surface area (Å²) in [6.45, 7) is 2.82. The lowest BCUT2D eigenvalue weighted by atomic mass is 10.0. The predicted octanol–water partition coefficient (Wildman–Crippen LogP) is 3.14. The van der Waals surface area contributed by atoms with Gasteiger partial charge in [-0.1, -0.05) is 0 Å². The largest absolute Gasteiger partial charge is 0.484 e. The molecule has 0 N–H and O–H groups in total. The molecular weight excluding hydrogens is 296 g/mol. The Morgan fingerprint density at radius 3 is 2.91 bits per heavy atom. The van der Waals surface area contributed by atoms with Crippen LogP contribution in [0.3, 0.4) is 0 Å². The highest BCUT2D eigenvalue weighted by Crippen LogP contribution is 2.32. The van der Waals surface area contributed by atoms with Crippen LogP contribution in [0.1, 0.15) is 29.0 Å². The molecule has 22 heavy (non-hydrogen) atoms. The van der Waals surface area contributed by atoms with Crippen molar-refractivity contribution in [3.05, 3.63) is 51.7 Å². The van der Waals surface area contributed by atoms with Gasteiger partial charge in [0.25, 0.3) is 5.91 Å². The van der Waals surface area contributed by atoms with Gasteiger partial charge in [0.05, 0.1) is 17.7 Å². The SMILES string of the molecule is CC1c2ccsc2CCN1C(=O)COc1ccc(C#N)cc1. The van der Waals surface area contributed by atoms with Gasteiger partial charge in [0, 0.05) is 11.4 Å². The van der Waals surface area contributed by atoms with Crippen LogP contribution in [0.25, 0.3) is 0 Å². The maximum Gasteiger partial charge on any atom is 0.261 e. The number of thiophene rings is 1. The number of nitriles is 1. The van der Waals surface area contributed by atoms with E-state index in [9.17, 15) is 4.79 Å². The molecule has 3 rings (SSSR count). The average Bonchev–Trinajstić information content (AvgIpc) is 3.03. The maximum absolute atomic E-state index is 12.4. The number of hydrogen-bond donors (Lipinski definition) is 0. The van der Waals surface area contributed by atoms with Gasteiger partial charge < -0.3 is 9.64 Å². The lowest BCUT2D eigenvalue weighted by Crippen LogP contribution is -2.40. The Balaban J connectivity index is 1.61. The molecule has 1 atom stereocenters. The van der Waals surface area contributed by atoms with E-state index >= 15 is 0 Å². The number of amides is 1. The zero-order valence-electron chi connectivity index (χ0n) is 12.3. The van der Waals surface area contributed by atoms with Crippen molar-refractivity contribution in [1.82, 2.24) is 4.90 Å². The highest BCUT2D eigenvalue weighted by atomic mass is 32.1. The standard InChI is InChI=1S/C17H16N2O2S/c1-12-15-7-9-22-16(15)6-8-19(12)17(20)11-21-14-4-2-13(10-18)3-5-14/h2-5,7,9,12H,6,8,11H2,1H3. The molecule has 1 aliphatic rings. The summed E-state index contributed by atoms with van der Waals surface area (Å²) >= 11 is 1.76. The highest BCUT2D eigenvalue weighted by molar-refractivity contribution is 7.10. The molecule has 1 aliphatic heterocycles. The molecule has 5 heteroatoms. The summed E-state index contributed by atoms with van der Waals surface area (Å²) in [5.74, 6) is 0.599. The Bertz CT molecular complexity index is 715. The molecule has 2 aromatic rings. The van der Waals surface area contributed by atoms with Crippen LogP contribution in [0.15, 0.2) is 35.7 Å². The van der Waals surface area contributed by atoms with Gasteiger partial charge in [0.1, 0.15) is 5.75 Å². The van der Waals surface area contributed by atoms with Crippen molar-refractivity contribution >= 4 is 17.2 Å². The molecule has 0 saturated carbocycles. The summed E-state index contributed by atoms with van der Waals surface area (Å²) in [5, 5.41) is 10.8. The normalized spacial score (nSPS) is 16.7. The first kappa shape index (κ1) is 14.6. The topological polar surface area (TPSA) is 53.3 Å². The van der Waals surface area contributed by atoms with Crippen LogP contribution in [-0.4, -0.2) is 24.0 Å². The summed E-state index contributed by atoms with van der Waals surface area (Å²) in [7, 11) is 0. The molecule has 0 saturated heterocycles. The Labute approximate surface area is 133 Å². The van der Waals surface area contributed by atoms with Crippen molar-refractivity contribution in [1.29, 1.82) is 5.26 Å². The zero-order chi connectivity index (χ0) is 15.5. The van der Waals surface area contributed by atoms with Crippen LogP contribution < -0.4 is 4.74 Å². The Hall–Kier alpha value is -2.32. The van der Waals surface area contributed by atoms with Gasteiger partial charge in [-0.05, 0) is 54.6 Å². The van der Waals surface area contributed by atoms with E-state index in [4.69, 9.17) is 10.00 Å². The van der Waals surface area contributed by atoms with E-state index in [1.54, 1.807) is 35.6 Å². The van der Waals surface area contributed by atoms with Crippen molar-refractivity contribution in [2.45, 2.75) is 19.4 Å². The summed E-state index contributed by atoms with van der Waals surface area (Å²) in [6.07, 6.45) is 0.917. The smallest absolute Gasteiger partial charge is 0.261 e. The Kier molecular flexibility index (Phi) is 4.12. The number of ether oxygens (including phenoxy) is 1. The van der Waals surface area contributed by atoms with Crippen molar-refractivity contribution in [3.63, 3.8) is 0 Å². The fourth-order valence-corrected chi connectivity index (χ4v) is 3.67. The first-order chi connectivity index (χ1) is 10.7. The number of benzene rings is 1. The van der Waals surface area contributed by atoms with Crippen molar-refractivity contribution in [2.24, 2.45) is 0 Å². The molecule has 4 nitrogen and oxygen atoms in total. The molecule has 0 fully saturated rings. The number of rotatable bonds is 3. The van der Waals surface area contributed by atoms with Gasteiger partial charge in [0.15, 0.2) is 6.61 Å². The molecule has 1 unspecified atom stereocenters. The molecule has 0 bridgehead atoms. The van der Waals surface area contributed by atoms with Crippen LogP contribution in [0, 0.1) is 11.3 Å². The van der Waals surface area contributed by atoms with E-state index < -0.39 is 0 Å². The monoisotopic (exact) mass is 312 g/mol. The van der Waals surface area contributed by atoms with Crippen LogP contribution in [-0.2, 0) is 11.2 Å². The second-order valence-corrected chi connectivity index (χ2v) is 6.24. The number of nitrogens with zero attached hydrogens (tertiary/aromatic N) is 2. The number of hydrogen-bond acceptors (Lipinski definition) is 4. The molecule has 1 amide bonds. The highest BCUT2D eigenvalue weighted by Gasteiger charge is 2.28. The van der Waals surface area contributed by atoms with E-state index in [-0.39, 0.29) is 18.6 Å². The molecule has 1 aromatic carbocycles. The van der Waals surface area contributed by atoms with E-state index in [1.807, 2.05) is 4.90 Å². The minimum atomic E-state index is -0.00582. The molecule has 112 valence electrons. The van der Waals surface area contributed by atoms with Gasteiger partial charge in [-0.15, -0.1) is 11.3 Å². The quantitative estimate of drug-likeness (QED) is 0.875. The van der Waals surface area contributed by atoms with Gasteiger partial charge in [-0.2, -0.15) is 5.26 Å². The Morgan fingerprint density at radius 1 is 1.41 bits per heavy atom. The van der Waals surface area contributed by atoms with E-state index in [0.717, 1.165) is 13.0 Å². The molecule has 2 heterocycles. The van der Waals surface area contributed by atoms with Gasteiger partial charge in [0.2, 0.25) is 0 Å². The third-order valence-electron chi connectivity index (χ3n) is 3.94. The minimum absolute atomic E-state index is 0.00582. The van der Waals surface area contributed by atoms with Crippen molar-refractivity contribution < 1.29 is 9.53 Å². The van der Waals surface area contributed by atoms with Crippen molar-refractivity contribution in [3.8, 4) is 11.8 Å². The summed E-state index contributed by atoms with van der Waals surface area (Å²) < 4.78 is 5.54. The molecule has 1 aromatic heterocycles. The average molecular weight is 312 g/mol.